The van der Waals surface area contributed by atoms with Gasteiger partial charge in [-0.25, -0.2) is 0 Å². The summed E-state index contributed by atoms with van der Waals surface area (Å²) in [7, 11) is 0. The van der Waals surface area contributed by atoms with Crippen LogP contribution in [0.2, 0.25) is 0 Å². The normalized spacial score (nSPS) is 9.70. The molecule has 7 heteroatoms. The fraction of sp³-hybridized carbons (Fsp3) is 0.667. The van der Waals surface area contributed by atoms with Crippen LogP contribution in [0.3, 0.4) is 0 Å². The van der Waals surface area contributed by atoms with Gasteiger partial charge in [-0.1, -0.05) is 12.0 Å². The number of hydrogen-bond acceptors (Lipinski definition) is 5. The van der Waals surface area contributed by atoms with E-state index in [0.29, 0.717) is 11.2 Å². The second-order valence-electron chi connectivity index (χ2n) is 1.58. The molecule has 0 radical (unpaired) electrons. The first-order chi connectivity index (χ1) is 4.75. The highest BCUT2D eigenvalue weighted by molar-refractivity contribution is 4.74. The lowest BCUT2D eigenvalue weighted by atomic mass is 10.5. The minimum Gasteiger partial charge on any atom is -0.339 e. The minimum absolute atomic E-state index is 0.255. The molecule has 1 aromatic heterocycles. The number of nitro groups is 1. The van der Waals surface area contributed by atoms with Gasteiger partial charge < -0.3 is 10.1 Å². The third-order valence-corrected chi connectivity index (χ3v) is 0.987. The van der Waals surface area contributed by atoms with E-state index in [1.165, 1.54) is 0 Å². The van der Waals surface area contributed by atoms with Crippen LogP contribution in [0.5, 0.6) is 0 Å². The van der Waals surface area contributed by atoms with Crippen LogP contribution in [0.4, 0.5) is 0 Å². The highest BCUT2D eigenvalue weighted by Gasteiger charge is 2.11. The summed E-state index contributed by atoms with van der Waals surface area (Å²) < 4.78 is 0. The van der Waals surface area contributed by atoms with Crippen molar-refractivity contribution in [2.75, 3.05) is 0 Å². The predicted octanol–water partition coefficient (Wildman–Crippen LogP) is -0.725. The van der Waals surface area contributed by atoms with Gasteiger partial charge in [0.2, 0.25) is 11.0 Å². The molecule has 0 aromatic carbocycles. The molecule has 1 aromatic rings. The Morgan fingerprint density at radius 1 is 1.80 bits per heavy atom. The number of nitrogens with zero attached hydrogens (tertiary/aromatic N) is 5. The molecular formula is C3H5N5O2. The van der Waals surface area contributed by atoms with E-state index < -0.39 is 5.03 Å². The molecule has 0 aliphatic heterocycles. The van der Waals surface area contributed by atoms with Gasteiger partial charge >= 0.3 is 0 Å². The first-order valence-corrected chi connectivity index (χ1v) is 2.67. The van der Waals surface area contributed by atoms with Crippen LogP contribution in [0, 0.1) is 10.1 Å². The van der Waals surface area contributed by atoms with Crippen molar-refractivity contribution in [1.82, 2.24) is 20.3 Å². The summed E-state index contributed by atoms with van der Waals surface area (Å²) in [6, 6.07) is 0. The number of rotatable bonds is 2. The van der Waals surface area contributed by atoms with E-state index in [2.05, 4.69) is 15.5 Å². The van der Waals surface area contributed by atoms with Crippen LogP contribution >= 0.6 is 0 Å². The van der Waals surface area contributed by atoms with Crippen molar-refractivity contribution in [2.24, 2.45) is 0 Å². The van der Waals surface area contributed by atoms with E-state index in [-0.39, 0.29) is 5.82 Å². The molecule has 0 bridgehead atoms. The topological polar surface area (TPSA) is 86.7 Å². The van der Waals surface area contributed by atoms with Gasteiger partial charge in [0.1, 0.15) is 5.21 Å². The van der Waals surface area contributed by atoms with Crippen molar-refractivity contribution in [3.63, 3.8) is 0 Å². The van der Waals surface area contributed by atoms with E-state index in [4.69, 9.17) is 0 Å². The Balaban J connectivity index is 3.01. The van der Waals surface area contributed by atoms with Crippen LogP contribution in [0.15, 0.2) is 0 Å². The number of aryl methyl sites for hydroxylation is 1. The largest absolute Gasteiger partial charge is 0.339 e. The van der Waals surface area contributed by atoms with Crippen molar-refractivity contribution in [2.45, 2.75) is 13.3 Å². The molecular weight excluding hydrogens is 138 g/mol. The lowest BCUT2D eigenvalue weighted by Gasteiger charge is -1.90. The number of hydrogen-bond donors (Lipinski definition) is 0. The summed E-state index contributed by atoms with van der Waals surface area (Å²) in [5.74, 6) is 0.255. The first kappa shape index (κ1) is 6.59. The van der Waals surface area contributed by atoms with Gasteiger partial charge in [-0.15, -0.1) is 0 Å². The minimum atomic E-state index is -0.668. The summed E-state index contributed by atoms with van der Waals surface area (Å²) in [6.45, 7) is 1.74. The Kier molecular flexibility index (Phi) is 1.57. The van der Waals surface area contributed by atoms with Gasteiger partial charge in [0.05, 0.1) is 9.82 Å². The summed E-state index contributed by atoms with van der Waals surface area (Å²) >= 11 is 0. The molecule has 0 unspecified atom stereocenters. The Bertz CT molecular complexity index is 243. The fourth-order valence-corrected chi connectivity index (χ4v) is 0.540. The fourth-order valence-electron chi connectivity index (χ4n) is 0.540. The van der Waals surface area contributed by atoms with E-state index >= 15 is 0 Å². The molecule has 0 fully saturated rings. The molecule has 1 heterocycles. The van der Waals surface area contributed by atoms with Crippen molar-refractivity contribution in [3.05, 3.63) is 15.9 Å². The Hall–Kier alpha value is -1.53. The Labute approximate surface area is 55.8 Å². The lowest BCUT2D eigenvalue weighted by Crippen LogP contribution is -2.13. The molecule has 54 valence electrons. The zero-order valence-electron chi connectivity index (χ0n) is 5.26. The molecule has 0 amide bonds. The number of tetrazole rings is 1. The van der Waals surface area contributed by atoms with Gasteiger partial charge in [-0.3, -0.25) is 0 Å². The van der Waals surface area contributed by atoms with Gasteiger partial charge in [-0.2, -0.15) is 0 Å². The standard InChI is InChI=1S/C3H5N5O2/c1-2-3-4-5-6-7(3)8(9)10/h2H2,1H3. The maximum atomic E-state index is 10.1. The zero-order valence-corrected chi connectivity index (χ0v) is 5.26. The van der Waals surface area contributed by atoms with Gasteiger partial charge in [-0.05, 0) is 0 Å². The average Bonchev–Trinajstić information content (AvgIpc) is 2.33. The van der Waals surface area contributed by atoms with Gasteiger partial charge in [0.15, 0.2) is 0 Å². The van der Waals surface area contributed by atoms with Crippen LogP contribution in [0.25, 0.3) is 0 Å². The molecule has 10 heavy (non-hydrogen) atoms. The second kappa shape index (κ2) is 2.38. The molecule has 0 aliphatic rings. The zero-order chi connectivity index (χ0) is 7.56. The van der Waals surface area contributed by atoms with Gasteiger partial charge in [0.25, 0.3) is 0 Å². The van der Waals surface area contributed by atoms with Crippen molar-refractivity contribution >= 4 is 0 Å². The van der Waals surface area contributed by atoms with E-state index in [1.807, 2.05) is 0 Å². The quantitative estimate of drug-likeness (QED) is 0.402. The molecule has 0 N–H and O–H groups in total. The van der Waals surface area contributed by atoms with Crippen molar-refractivity contribution in [1.29, 1.82) is 0 Å². The molecule has 0 saturated heterocycles. The monoisotopic (exact) mass is 143 g/mol. The second-order valence-corrected chi connectivity index (χ2v) is 1.58. The Morgan fingerprint density at radius 3 is 2.90 bits per heavy atom. The van der Waals surface area contributed by atoms with E-state index in [0.717, 1.165) is 0 Å². The summed E-state index contributed by atoms with van der Waals surface area (Å²) in [6.07, 6.45) is 0.452. The maximum absolute atomic E-state index is 10.1. The Morgan fingerprint density at radius 2 is 2.50 bits per heavy atom. The maximum Gasteiger partial charge on any atom is 0.225 e. The van der Waals surface area contributed by atoms with Crippen LogP contribution < -0.4 is 0 Å². The highest BCUT2D eigenvalue weighted by atomic mass is 16.7. The molecule has 0 spiro atoms. The third-order valence-electron chi connectivity index (χ3n) is 0.987. The smallest absolute Gasteiger partial charge is 0.225 e. The van der Waals surface area contributed by atoms with Crippen LogP contribution in [-0.4, -0.2) is 25.3 Å². The molecule has 0 atom stereocenters. The summed E-state index contributed by atoms with van der Waals surface area (Å²) in [5, 5.41) is 19.1. The van der Waals surface area contributed by atoms with Crippen molar-refractivity contribution in [3.8, 4) is 0 Å². The lowest BCUT2D eigenvalue weighted by molar-refractivity contribution is -0.555. The summed E-state index contributed by atoms with van der Waals surface area (Å²) in [5.41, 5.74) is 0. The van der Waals surface area contributed by atoms with E-state index in [9.17, 15) is 10.1 Å². The SMILES string of the molecule is CCc1nnnn1[N+](=O)[O-]. The summed E-state index contributed by atoms with van der Waals surface area (Å²) in [4.78, 5) is 10.6. The van der Waals surface area contributed by atoms with Crippen LogP contribution in [-0.2, 0) is 6.42 Å². The molecule has 7 nitrogen and oxygen atoms in total. The predicted molar refractivity (Wildman–Crippen MR) is 29.6 cm³/mol. The first-order valence-electron chi connectivity index (χ1n) is 2.67. The van der Waals surface area contributed by atoms with E-state index in [1.54, 1.807) is 6.92 Å². The third kappa shape index (κ3) is 0.925. The highest BCUT2D eigenvalue weighted by Crippen LogP contribution is 1.89. The molecule has 0 aliphatic carbocycles. The molecule has 1 rings (SSSR count). The van der Waals surface area contributed by atoms with Gasteiger partial charge in [0, 0.05) is 6.42 Å². The van der Waals surface area contributed by atoms with Crippen LogP contribution in [0.1, 0.15) is 12.7 Å². The van der Waals surface area contributed by atoms with Crippen molar-refractivity contribution < 1.29 is 5.03 Å². The molecule has 0 saturated carbocycles. The average molecular weight is 143 g/mol. The number of aromatic nitrogens is 4.